The maximum atomic E-state index is 11.9. The third-order valence-electron chi connectivity index (χ3n) is 5.45. The maximum Gasteiger partial charge on any atom is 0.338 e. The molecule has 1 aromatic heterocycles. The molecular weight excluding hydrogens is 360 g/mol. The third-order valence-corrected chi connectivity index (χ3v) is 5.45. The number of aliphatic imine (C=N–C) groups is 1. The van der Waals surface area contributed by atoms with E-state index in [1.807, 2.05) is 25.3 Å². The fraction of sp³-hybridized carbons (Fsp3) is 0.280. The molecule has 0 saturated carbocycles. The van der Waals surface area contributed by atoms with Crippen molar-refractivity contribution in [3.8, 4) is 5.69 Å². The van der Waals surface area contributed by atoms with Gasteiger partial charge >= 0.3 is 5.97 Å². The minimum absolute atomic E-state index is 0.343. The van der Waals surface area contributed by atoms with Gasteiger partial charge in [0, 0.05) is 23.2 Å². The van der Waals surface area contributed by atoms with Gasteiger partial charge in [-0.05, 0) is 69.0 Å². The van der Waals surface area contributed by atoms with E-state index >= 15 is 0 Å². The SMILES string of the molecule is CCc1cccc(C)c1-n1c(C)cc(C=Nc2cccc(C(=O)OC)c2C)c1C. The van der Waals surface area contributed by atoms with Crippen molar-refractivity contribution in [3.63, 3.8) is 0 Å². The highest BCUT2D eigenvalue weighted by atomic mass is 16.5. The van der Waals surface area contributed by atoms with Crippen LogP contribution in [0.1, 0.15) is 50.9 Å². The average Bonchev–Trinajstić information content (AvgIpc) is 2.99. The number of carbonyl (C=O) groups is 1. The van der Waals surface area contributed by atoms with Gasteiger partial charge in [-0.3, -0.25) is 4.99 Å². The number of benzene rings is 2. The molecule has 150 valence electrons. The Morgan fingerprint density at radius 1 is 1.10 bits per heavy atom. The van der Waals surface area contributed by atoms with Crippen molar-refractivity contribution in [1.29, 1.82) is 0 Å². The number of methoxy groups -OCH3 is 1. The number of hydrogen-bond acceptors (Lipinski definition) is 3. The van der Waals surface area contributed by atoms with Crippen LogP contribution in [0.25, 0.3) is 5.69 Å². The van der Waals surface area contributed by atoms with E-state index in [4.69, 9.17) is 4.74 Å². The predicted octanol–water partition coefficient (Wildman–Crippen LogP) is 5.81. The number of carbonyl (C=O) groups excluding carboxylic acids is 1. The number of nitrogens with zero attached hydrogens (tertiary/aromatic N) is 2. The van der Waals surface area contributed by atoms with Gasteiger partial charge in [0.05, 0.1) is 24.0 Å². The van der Waals surface area contributed by atoms with Gasteiger partial charge in [-0.1, -0.05) is 31.2 Å². The predicted molar refractivity (Wildman–Crippen MR) is 119 cm³/mol. The van der Waals surface area contributed by atoms with Crippen molar-refractivity contribution in [1.82, 2.24) is 4.57 Å². The van der Waals surface area contributed by atoms with Crippen LogP contribution in [0.4, 0.5) is 5.69 Å². The largest absolute Gasteiger partial charge is 0.465 e. The summed E-state index contributed by atoms with van der Waals surface area (Å²) in [5.74, 6) is -0.343. The van der Waals surface area contributed by atoms with Gasteiger partial charge in [-0.15, -0.1) is 0 Å². The first-order chi connectivity index (χ1) is 13.9. The van der Waals surface area contributed by atoms with Crippen molar-refractivity contribution >= 4 is 17.9 Å². The van der Waals surface area contributed by atoms with Gasteiger partial charge in [-0.25, -0.2) is 4.79 Å². The van der Waals surface area contributed by atoms with E-state index in [1.54, 1.807) is 6.07 Å². The summed E-state index contributed by atoms with van der Waals surface area (Å²) in [5, 5.41) is 0. The lowest BCUT2D eigenvalue weighted by Gasteiger charge is -2.17. The fourth-order valence-electron chi connectivity index (χ4n) is 3.82. The highest BCUT2D eigenvalue weighted by Gasteiger charge is 2.15. The van der Waals surface area contributed by atoms with Gasteiger partial charge in [0.1, 0.15) is 0 Å². The zero-order valence-corrected chi connectivity index (χ0v) is 18.0. The Bertz CT molecular complexity index is 1090. The molecule has 0 aliphatic heterocycles. The first-order valence-corrected chi connectivity index (χ1v) is 9.88. The molecular formula is C25H28N2O2. The maximum absolute atomic E-state index is 11.9. The molecule has 0 aliphatic rings. The lowest BCUT2D eigenvalue weighted by atomic mass is 10.1. The first kappa shape index (κ1) is 20.6. The van der Waals surface area contributed by atoms with Crippen LogP contribution in [0.2, 0.25) is 0 Å². The van der Waals surface area contributed by atoms with Crippen LogP contribution in [-0.4, -0.2) is 23.9 Å². The normalized spacial score (nSPS) is 11.2. The highest BCUT2D eigenvalue weighted by molar-refractivity contribution is 5.93. The Labute approximate surface area is 172 Å². The topological polar surface area (TPSA) is 43.6 Å². The van der Waals surface area contributed by atoms with Gasteiger partial charge in [0.2, 0.25) is 0 Å². The van der Waals surface area contributed by atoms with Crippen molar-refractivity contribution in [2.75, 3.05) is 7.11 Å². The Balaban J connectivity index is 2.04. The van der Waals surface area contributed by atoms with E-state index in [0.29, 0.717) is 5.56 Å². The second-order valence-electron chi connectivity index (χ2n) is 7.30. The van der Waals surface area contributed by atoms with Gasteiger partial charge < -0.3 is 9.30 Å². The van der Waals surface area contributed by atoms with Crippen LogP contribution in [-0.2, 0) is 11.2 Å². The quantitative estimate of drug-likeness (QED) is 0.409. The Hall–Kier alpha value is -3.14. The molecule has 0 amide bonds. The molecule has 29 heavy (non-hydrogen) atoms. The van der Waals surface area contributed by atoms with E-state index in [2.05, 4.69) is 61.5 Å². The summed E-state index contributed by atoms with van der Waals surface area (Å²) in [4.78, 5) is 16.6. The van der Waals surface area contributed by atoms with Crippen LogP contribution in [0, 0.1) is 27.7 Å². The number of aryl methyl sites for hydroxylation is 3. The Kier molecular flexibility index (Phi) is 6.02. The lowest BCUT2D eigenvalue weighted by Crippen LogP contribution is -2.05. The number of aromatic nitrogens is 1. The van der Waals surface area contributed by atoms with E-state index in [-0.39, 0.29) is 5.97 Å². The summed E-state index contributed by atoms with van der Waals surface area (Å²) in [6.07, 6.45) is 2.86. The Morgan fingerprint density at radius 2 is 1.83 bits per heavy atom. The van der Waals surface area contributed by atoms with E-state index in [1.165, 1.54) is 29.6 Å². The van der Waals surface area contributed by atoms with Crippen molar-refractivity contribution in [2.24, 2.45) is 4.99 Å². The van der Waals surface area contributed by atoms with Gasteiger partial charge in [0.25, 0.3) is 0 Å². The van der Waals surface area contributed by atoms with E-state index < -0.39 is 0 Å². The molecule has 0 bridgehead atoms. The molecule has 0 aliphatic carbocycles. The van der Waals surface area contributed by atoms with Gasteiger partial charge in [0.15, 0.2) is 0 Å². The number of ether oxygens (including phenoxy) is 1. The average molecular weight is 389 g/mol. The van der Waals surface area contributed by atoms with Crippen LogP contribution in [0.15, 0.2) is 47.5 Å². The van der Waals surface area contributed by atoms with Gasteiger partial charge in [-0.2, -0.15) is 0 Å². The van der Waals surface area contributed by atoms with Crippen LogP contribution >= 0.6 is 0 Å². The number of hydrogen-bond donors (Lipinski definition) is 0. The highest BCUT2D eigenvalue weighted by Crippen LogP contribution is 2.27. The summed E-state index contributed by atoms with van der Waals surface area (Å²) >= 11 is 0. The fourth-order valence-corrected chi connectivity index (χ4v) is 3.82. The molecule has 0 spiro atoms. The summed E-state index contributed by atoms with van der Waals surface area (Å²) < 4.78 is 7.17. The third kappa shape index (κ3) is 3.88. The molecule has 0 fully saturated rings. The summed E-state index contributed by atoms with van der Waals surface area (Å²) in [7, 11) is 1.39. The standard InChI is InChI=1S/C25H28N2O2/c1-7-20-11-8-10-16(2)24(20)27-17(3)14-21(19(27)5)15-26-23-13-9-12-22(18(23)4)25(28)29-6/h8-15H,7H2,1-6H3. The van der Waals surface area contributed by atoms with Crippen LogP contribution < -0.4 is 0 Å². The minimum atomic E-state index is -0.343. The molecule has 4 nitrogen and oxygen atoms in total. The second-order valence-corrected chi connectivity index (χ2v) is 7.30. The molecule has 1 heterocycles. The number of para-hydroxylation sites is 1. The molecule has 0 atom stereocenters. The van der Waals surface area contributed by atoms with Crippen LogP contribution in [0.3, 0.4) is 0 Å². The smallest absolute Gasteiger partial charge is 0.338 e. The molecule has 0 radical (unpaired) electrons. The van der Waals surface area contributed by atoms with Crippen molar-refractivity contribution < 1.29 is 9.53 Å². The first-order valence-electron chi connectivity index (χ1n) is 9.88. The van der Waals surface area contributed by atoms with E-state index in [0.717, 1.165) is 28.9 Å². The molecule has 4 heteroatoms. The molecule has 3 aromatic rings. The molecule has 0 saturated heterocycles. The molecule has 3 rings (SSSR count). The van der Waals surface area contributed by atoms with Crippen molar-refractivity contribution in [2.45, 2.75) is 41.0 Å². The Morgan fingerprint density at radius 3 is 2.52 bits per heavy atom. The summed E-state index contributed by atoms with van der Waals surface area (Å²) in [6, 6.07) is 14.1. The zero-order chi connectivity index (χ0) is 21.1. The van der Waals surface area contributed by atoms with Crippen molar-refractivity contribution in [3.05, 3.63) is 81.7 Å². The zero-order valence-electron chi connectivity index (χ0n) is 18.0. The number of rotatable bonds is 5. The molecule has 0 unspecified atom stereocenters. The minimum Gasteiger partial charge on any atom is -0.465 e. The monoisotopic (exact) mass is 388 g/mol. The molecule has 0 N–H and O–H groups in total. The van der Waals surface area contributed by atoms with E-state index in [9.17, 15) is 4.79 Å². The summed E-state index contributed by atoms with van der Waals surface area (Å²) in [6.45, 7) is 10.5. The molecule has 2 aromatic carbocycles. The lowest BCUT2D eigenvalue weighted by molar-refractivity contribution is 0.0600. The summed E-state index contributed by atoms with van der Waals surface area (Å²) in [5.41, 5.74) is 9.36. The second kappa shape index (κ2) is 8.48. The van der Waals surface area contributed by atoms with Crippen LogP contribution in [0.5, 0.6) is 0 Å². The number of esters is 1.